The standard InChI is InChI=1S/C14H16N6/c1-10-4-14(18-9-16-10)19-6-11-5-12(7-19)20(11)13-2-3-15-8-17-13/h2-4,8-9,11-12H,5-7H2,1H3. The highest BCUT2D eigenvalue weighted by molar-refractivity contribution is 5.51. The van der Waals surface area contributed by atoms with Gasteiger partial charge in [-0.1, -0.05) is 0 Å². The van der Waals surface area contributed by atoms with E-state index in [0.717, 1.165) is 30.4 Å². The SMILES string of the molecule is Cc1cc(N2CC3CC(C2)N3c2ccncn2)ncn1. The quantitative estimate of drug-likeness (QED) is 0.811. The van der Waals surface area contributed by atoms with E-state index in [2.05, 4.69) is 35.8 Å². The molecule has 2 unspecified atom stereocenters. The van der Waals surface area contributed by atoms with Crippen LogP contribution in [-0.2, 0) is 0 Å². The lowest BCUT2D eigenvalue weighted by Crippen LogP contribution is -2.69. The molecule has 3 aliphatic rings. The molecule has 3 saturated heterocycles. The lowest BCUT2D eigenvalue weighted by molar-refractivity contribution is 0.287. The molecule has 0 N–H and O–H groups in total. The number of aryl methyl sites for hydroxylation is 1. The summed E-state index contributed by atoms with van der Waals surface area (Å²) in [6.45, 7) is 4.00. The number of nitrogens with zero attached hydrogens (tertiary/aromatic N) is 6. The number of aromatic nitrogens is 4. The molecule has 5 rings (SSSR count). The summed E-state index contributed by atoms with van der Waals surface area (Å²) in [5.74, 6) is 2.08. The maximum absolute atomic E-state index is 4.39. The van der Waals surface area contributed by atoms with Crippen LogP contribution >= 0.6 is 0 Å². The molecule has 3 fully saturated rings. The van der Waals surface area contributed by atoms with Gasteiger partial charge in [0.1, 0.15) is 24.3 Å². The number of rotatable bonds is 2. The molecular formula is C14H16N6. The van der Waals surface area contributed by atoms with Crippen molar-refractivity contribution in [3.63, 3.8) is 0 Å². The van der Waals surface area contributed by atoms with Crippen molar-refractivity contribution in [2.75, 3.05) is 22.9 Å². The topological polar surface area (TPSA) is 58.0 Å². The zero-order valence-corrected chi connectivity index (χ0v) is 11.3. The predicted molar refractivity (Wildman–Crippen MR) is 75.7 cm³/mol. The summed E-state index contributed by atoms with van der Waals surface area (Å²) >= 11 is 0. The van der Waals surface area contributed by atoms with E-state index in [1.165, 1.54) is 6.42 Å². The highest BCUT2D eigenvalue weighted by Gasteiger charge is 2.45. The average molecular weight is 268 g/mol. The number of anilines is 2. The molecule has 0 saturated carbocycles. The Morgan fingerprint density at radius 2 is 1.85 bits per heavy atom. The van der Waals surface area contributed by atoms with Gasteiger partial charge in [0.15, 0.2) is 0 Å². The van der Waals surface area contributed by atoms with E-state index in [1.54, 1.807) is 12.7 Å². The van der Waals surface area contributed by atoms with Crippen LogP contribution in [0.5, 0.6) is 0 Å². The molecule has 2 bridgehead atoms. The molecule has 6 heteroatoms. The van der Waals surface area contributed by atoms with Crippen molar-refractivity contribution in [2.45, 2.75) is 25.4 Å². The first-order chi connectivity index (χ1) is 9.81. The van der Waals surface area contributed by atoms with Gasteiger partial charge >= 0.3 is 0 Å². The maximum atomic E-state index is 4.39. The second kappa shape index (κ2) is 4.40. The Bertz CT molecular complexity index is 604. The van der Waals surface area contributed by atoms with Crippen molar-refractivity contribution in [3.8, 4) is 0 Å². The third-order valence-electron chi connectivity index (χ3n) is 4.14. The summed E-state index contributed by atoms with van der Waals surface area (Å²) in [5.41, 5.74) is 1.02. The van der Waals surface area contributed by atoms with Crippen LogP contribution in [0.25, 0.3) is 0 Å². The fourth-order valence-corrected chi connectivity index (χ4v) is 3.22. The van der Waals surface area contributed by atoms with E-state index < -0.39 is 0 Å². The van der Waals surface area contributed by atoms with E-state index in [1.807, 2.05) is 19.2 Å². The van der Waals surface area contributed by atoms with Gasteiger partial charge in [-0.2, -0.15) is 0 Å². The van der Waals surface area contributed by atoms with Gasteiger partial charge in [0, 0.05) is 31.0 Å². The molecule has 0 aromatic carbocycles. The molecule has 2 atom stereocenters. The molecule has 0 radical (unpaired) electrons. The van der Waals surface area contributed by atoms with E-state index in [-0.39, 0.29) is 0 Å². The van der Waals surface area contributed by atoms with Gasteiger partial charge < -0.3 is 9.80 Å². The molecule has 2 aromatic heterocycles. The lowest BCUT2D eigenvalue weighted by atomic mass is 9.87. The lowest BCUT2D eigenvalue weighted by Gasteiger charge is -2.57. The molecule has 6 nitrogen and oxygen atoms in total. The first-order valence-electron chi connectivity index (χ1n) is 6.89. The van der Waals surface area contributed by atoms with Gasteiger partial charge in [0.05, 0.1) is 12.1 Å². The van der Waals surface area contributed by atoms with Crippen molar-refractivity contribution in [2.24, 2.45) is 0 Å². The number of piperazine rings is 1. The maximum Gasteiger partial charge on any atom is 0.132 e. The Kier molecular flexibility index (Phi) is 2.55. The van der Waals surface area contributed by atoms with Crippen LogP contribution in [-0.4, -0.2) is 45.1 Å². The zero-order valence-electron chi connectivity index (χ0n) is 11.3. The summed E-state index contributed by atoms with van der Waals surface area (Å²) < 4.78 is 0. The average Bonchev–Trinajstić information content (AvgIpc) is 2.48. The van der Waals surface area contributed by atoms with E-state index in [9.17, 15) is 0 Å². The smallest absolute Gasteiger partial charge is 0.132 e. The molecule has 0 aliphatic carbocycles. The van der Waals surface area contributed by atoms with Crippen LogP contribution in [0.4, 0.5) is 11.6 Å². The molecule has 3 aliphatic heterocycles. The van der Waals surface area contributed by atoms with Crippen molar-refractivity contribution in [3.05, 3.63) is 36.7 Å². The minimum atomic E-state index is 0.527. The first kappa shape index (κ1) is 11.6. The highest BCUT2D eigenvalue weighted by Crippen LogP contribution is 2.36. The second-order valence-electron chi connectivity index (χ2n) is 5.44. The van der Waals surface area contributed by atoms with Gasteiger partial charge in [-0.15, -0.1) is 0 Å². The predicted octanol–water partition coefficient (Wildman–Crippen LogP) is 1.04. The molecule has 5 heterocycles. The van der Waals surface area contributed by atoms with Gasteiger partial charge in [0.2, 0.25) is 0 Å². The Labute approximate surface area is 117 Å². The molecule has 2 aromatic rings. The van der Waals surface area contributed by atoms with Gasteiger partial charge in [-0.05, 0) is 19.4 Å². The van der Waals surface area contributed by atoms with Crippen LogP contribution in [0.3, 0.4) is 0 Å². The Morgan fingerprint density at radius 1 is 1.05 bits per heavy atom. The van der Waals surface area contributed by atoms with Crippen molar-refractivity contribution in [1.82, 2.24) is 19.9 Å². The summed E-state index contributed by atoms with van der Waals surface area (Å²) in [6, 6.07) is 5.10. The molecular weight excluding hydrogens is 252 g/mol. The van der Waals surface area contributed by atoms with E-state index in [0.29, 0.717) is 12.1 Å². The summed E-state index contributed by atoms with van der Waals surface area (Å²) in [7, 11) is 0. The monoisotopic (exact) mass is 268 g/mol. The van der Waals surface area contributed by atoms with Crippen molar-refractivity contribution >= 4 is 11.6 Å². The fourth-order valence-electron chi connectivity index (χ4n) is 3.22. The number of hydrogen-bond acceptors (Lipinski definition) is 6. The van der Waals surface area contributed by atoms with Crippen LogP contribution in [0, 0.1) is 6.92 Å². The first-order valence-corrected chi connectivity index (χ1v) is 6.89. The Balaban J connectivity index is 1.53. The Hall–Kier alpha value is -2.24. The number of fused-ring (bicyclic) bond motifs is 2. The minimum Gasteiger partial charge on any atom is -0.352 e. The Morgan fingerprint density at radius 3 is 2.55 bits per heavy atom. The zero-order chi connectivity index (χ0) is 13.5. The summed E-state index contributed by atoms with van der Waals surface area (Å²) in [5, 5.41) is 0. The molecule has 102 valence electrons. The third-order valence-corrected chi connectivity index (χ3v) is 4.14. The fraction of sp³-hybridized carbons (Fsp3) is 0.429. The molecule has 0 spiro atoms. The summed E-state index contributed by atoms with van der Waals surface area (Å²) in [4.78, 5) is 21.7. The highest BCUT2D eigenvalue weighted by atomic mass is 15.4. The van der Waals surface area contributed by atoms with Gasteiger partial charge in [-0.3, -0.25) is 0 Å². The van der Waals surface area contributed by atoms with Gasteiger partial charge in [0.25, 0.3) is 0 Å². The number of piperidine rings is 1. The van der Waals surface area contributed by atoms with Crippen LogP contribution in [0.2, 0.25) is 0 Å². The van der Waals surface area contributed by atoms with Crippen molar-refractivity contribution in [1.29, 1.82) is 0 Å². The number of hydrogen-bond donors (Lipinski definition) is 0. The summed E-state index contributed by atoms with van der Waals surface area (Å²) in [6.07, 6.45) is 6.31. The van der Waals surface area contributed by atoms with Crippen LogP contribution in [0.1, 0.15) is 12.1 Å². The van der Waals surface area contributed by atoms with Gasteiger partial charge in [-0.25, -0.2) is 19.9 Å². The largest absolute Gasteiger partial charge is 0.352 e. The van der Waals surface area contributed by atoms with Crippen LogP contribution in [0.15, 0.2) is 31.0 Å². The molecule has 0 amide bonds. The molecule has 20 heavy (non-hydrogen) atoms. The normalized spacial score (nSPS) is 24.4. The third kappa shape index (κ3) is 1.79. The van der Waals surface area contributed by atoms with E-state index >= 15 is 0 Å². The second-order valence-corrected chi connectivity index (χ2v) is 5.44. The van der Waals surface area contributed by atoms with Crippen molar-refractivity contribution < 1.29 is 0 Å². The van der Waals surface area contributed by atoms with E-state index in [4.69, 9.17) is 0 Å². The minimum absolute atomic E-state index is 0.527. The van der Waals surface area contributed by atoms with Crippen LogP contribution < -0.4 is 9.80 Å².